The number of anilines is 1. The van der Waals surface area contributed by atoms with Gasteiger partial charge in [0.25, 0.3) is 0 Å². The predicted octanol–water partition coefficient (Wildman–Crippen LogP) is 2.92. The second-order valence-corrected chi connectivity index (χ2v) is 7.07. The Morgan fingerprint density at radius 2 is 1.88 bits per heavy atom. The van der Waals surface area contributed by atoms with E-state index in [1.54, 1.807) is 17.3 Å². The Labute approximate surface area is 157 Å². The van der Waals surface area contributed by atoms with E-state index in [4.69, 9.17) is 23.1 Å². The molecule has 7 heteroatoms. The largest absolute Gasteiger partial charge is 0.403 e. The molecule has 2 aromatic rings. The van der Waals surface area contributed by atoms with Crippen molar-refractivity contribution in [1.82, 2.24) is 9.97 Å². The normalized spacial score (nSPS) is 16.8. The van der Waals surface area contributed by atoms with Crippen LogP contribution in [-0.4, -0.2) is 15.9 Å². The van der Waals surface area contributed by atoms with Crippen molar-refractivity contribution in [3.63, 3.8) is 0 Å². The van der Waals surface area contributed by atoms with E-state index in [1.165, 1.54) is 12.3 Å². The lowest BCUT2D eigenvalue weighted by molar-refractivity contribution is -0.121. The first-order chi connectivity index (χ1) is 12.3. The predicted molar refractivity (Wildman–Crippen MR) is 103 cm³/mol. The van der Waals surface area contributed by atoms with Crippen molar-refractivity contribution in [2.75, 3.05) is 4.90 Å². The molecule has 4 N–H and O–H groups in total. The average molecular weight is 370 g/mol. The maximum absolute atomic E-state index is 13.0. The van der Waals surface area contributed by atoms with Crippen molar-refractivity contribution in [2.45, 2.75) is 26.2 Å². The zero-order chi connectivity index (χ0) is 19.1. The third kappa shape index (κ3) is 2.93. The number of fused-ring (bicyclic) bond motifs is 1. The smallest absolute Gasteiger partial charge is 0.241 e. The van der Waals surface area contributed by atoms with Gasteiger partial charge in [0, 0.05) is 24.2 Å². The van der Waals surface area contributed by atoms with Gasteiger partial charge < -0.3 is 11.5 Å². The monoisotopic (exact) mass is 369 g/mol. The van der Waals surface area contributed by atoms with Gasteiger partial charge in [-0.05, 0) is 44.0 Å². The van der Waals surface area contributed by atoms with Crippen LogP contribution in [0.3, 0.4) is 0 Å². The first-order valence-corrected chi connectivity index (χ1v) is 8.46. The van der Waals surface area contributed by atoms with Crippen LogP contribution >= 0.6 is 11.6 Å². The molecule has 0 fully saturated rings. The van der Waals surface area contributed by atoms with Crippen LogP contribution in [0.5, 0.6) is 0 Å². The molecule has 134 valence electrons. The standard InChI is InChI=1S/C19H20ClN5O/c1-11-23-9-13(10-24-11)12-4-5-15-16(6-12)25(18(26)19(15,2)3)14(8-21)7-17(20)22/h4-10H,21-22H2,1-3H3/b14-8+,17-7-. The fraction of sp³-hybridized carbons (Fsp3) is 0.211. The van der Waals surface area contributed by atoms with E-state index in [-0.39, 0.29) is 11.1 Å². The summed E-state index contributed by atoms with van der Waals surface area (Å²) in [6.07, 6.45) is 6.30. The fourth-order valence-electron chi connectivity index (χ4n) is 3.06. The minimum atomic E-state index is -0.694. The molecular weight excluding hydrogens is 350 g/mol. The Bertz CT molecular complexity index is 927. The van der Waals surface area contributed by atoms with Crippen LogP contribution in [0.4, 0.5) is 5.69 Å². The minimum Gasteiger partial charge on any atom is -0.403 e. The molecule has 0 spiro atoms. The number of aromatic nitrogens is 2. The van der Waals surface area contributed by atoms with Crippen LogP contribution < -0.4 is 16.4 Å². The van der Waals surface area contributed by atoms with E-state index in [0.717, 1.165) is 22.4 Å². The van der Waals surface area contributed by atoms with Crippen molar-refractivity contribution in [1.29, 1.82) is 0 Å². The highest BCUT2D eigenvalue weighted by Crippen LogP contribution is 2.45. The Morgan fingerprint density at radius 3 is 2.46 bits per heavy atom. The highest BCUT2D eigenvalue weighted by molar-refractivity contribution is 6.29. The third-order valence-corrected chi connectivity index (χ3v) is 4.59. The molecule has 2 heterocycles. The maximum Gasteiger partial charge on any atom is 0.241 e. The summed E-state index contributed by atoms with van der Waals surface area (Å²) in [5.74, 6) is 0.597. The topological polar surface area (TPSA) is 98.1 Å². The van der Waals surface area contributed by atoms with E-state index in [2.05, 4.69) is 9.97 Å². The van der Waals surface area contributed by atoms with Crippen LogP contribution in [0.1, 0.15) is 25.2 Å². The fourth-order valence-corrected chi connectivity index (χ4v) is 3.17. The average Bonchev–Trinajstić information content (AvgIpc) is 2.79. The van der Waals surface area contributed by atoms with Crippen molar-refractivity contribution in [3.05, 3.63) is 65.1 Å². The van der Waals surface area contributed by atoms with Crippen LogP contribution in [0, 0.1) is 6.92 Å². The summed E-state index contributed by atoms with van der Waals surface area (Å²) in [5, 5.41) is 0.0452. The molecule has 6 nitrogen and oxygen atoms in total. The van der Waals surface area contributed by atoms with Crippen molar-refractivity contribution < 1.29 is 4.79 Å². The summed E-state index contributed by atoms with van der Waals surface area (Å²) in [5.41, 5.74) is 14.5. The summed E-state index contributed by atoms with van der Waals surface area (Å²) in [4.78, 5) is 23.1. The second-order valence-electron chi connectivity index (χ2n) is 6.64. The van der Waals surface area contributed by atoms with Gasteiger partial charge in [0.05, 0.1) is 16.8 Å². The van der Waals surface area contributed by atoms with Crippen LogP contribution in [-0.2, 0) is 10.2 Å². The summed E-state index contributed by atoms with van der Waals surface area (Å²) < 4.78 is 0. The number of nitrogens with two attached hydrogens (primary N) is 2. The highest BCUT2D eigenvalue weighted by atomic mass is 35.5. The van der Waals surface area contributed by atoms with Gasteiger partial charge in [-0.15, -0.1) is 0 Å². The molecule has 3 rings (SSSR count). The number of allylic oxidation sites excluding steroid dienone is 1. The van der Waals surface area contributed by atoms with Gasteiger partial charge >= 0.3 is 0 Å². The molecule has 0 atom stereocenters. The number of carbonyl (C=O) groups excluding carboxylic acids is 1. The first-order valence-electron chi connectivity index (χ1n) is 8.08. The minimum absolute atomic E-state index is 0.0452. The number of carbonyl (C=O) groups is 1. The molecule has 0 saturated carbocycles. The summed E-state index contributed by atoms with van der Waals surface area (Å²) in [6, 6.07) is 5.84. The molecule has 1 aromatic heterocycles. The molecule has 0 bridgehead atoms. The molecule has 0 saturated heterocycles. The molecule has 1 aromatic carbocycles. The number of rotatable bonds is 3. The number of amides is 1. The summed E-state index contributed by atoms with van der Waals surface area (Å²) in [6.45, 7) is 5.59. The van der Waals surface area contributed by atoms with E-state index in [1.807, 2.05) is 39.0 Å². The van der Waals surface area contributed by atoms with Crippen molar-refractivity contribution >= 4 is 23.2 Å². The van der Waals surface area contributed by atoms with E-state index < -0.39 is 5.41 Å². The quantitative estimate of drug-likeness (QED) is 0.640. The van der Waals surface area contributed by atoms with Crippen LogP contribution in [0.2, 0.25) is 0 Å². The summed E-state index contributed by atoms with van der Waals surface area (Å²) >= 11 is 5.81. The molecule has 1 aliphatic heterocycles. The van der Waals surface area contributed by atoms with E-state index >= 15 is 0 Å². The Hall–Kier alpha value is -2.86. The lowest BCUT2D eigenvalue weighted by atomic mass is 9.85. The van der Waals surface area contributed by atoms with Gasteiger partial charge in [0.2, 0.25) is 5.91 Å². The highest BCUT2D eigenvalue weighted by Gasteiger charge is 2.45. The third-order valence-electron chi connectivity index (χ3n) is 4.48. The zero-order valence-corrected chi connectivity index (χ0v) is 15.6. The van der Waals surface area contributed by atoms with Crippen molar-refractivity contribution in [3.8, 4) is 11.1 Å². The molecule has 0 unspecified atom stereocenters. The van der Waals surface area contributed by atoms with Gasteiger partial charge in [-0.1, -0.05) is 23.7 Å². The van der Waals surface area contributed by atoms with Crippen LogP contribution in [0.25, 0.3) is 11.1 Å². The Kier molecular flexibility index (Phi) is 4.46. The molecule has 1 amide bonds. The summed E-state index contributed by atoms with van der Waals surface area (Å²) in [7, 11) is 0. The Balaban J connectivity index is 2.17. The molecular formula is C19H20ClN5O. The Morgan fingerprint density at radius 1 is 1.23 bits per heavy atom. The number of aryl methyl sites for hydroxylation is 1. The van der Waals surface area contributed by atoms with Crippen molar-refractivity contribution in [2.24, 2.45) is 11.5 Å². The molecule has 1 aliphatic rings. The lowest BCUT2D eigenvalue weighted by Crippen LogP contribution is -2.35. The molecule has 0 radical (unpaired) electrons. The number of benzene rings is 1. The number of nitrogens with zero attached hydrogens (tertiary/aromatic N) is 3. The van der Waals surface area contributed by atoms with Gasteiger partial charge in [-0.3, -0.25) is 9.69 Å². The maximum atomic E-state index is 13.0. The lowest BCUT2D eigenvalue weighted by Gasteiger charge is -2.21. The molecule has 26 heavy (non-hydrogen) atoms. The van der Waals surface area contributed by atoms with E-state index in [0.29, 0.717) is 11.5 Å². The number of halogens is 1. The number of hydrogen-bond acceptors (Lipinski definition) is 5. The number of hydrogen-bond donors (Lipinski definition) is 2. The van der Waals surface area contributed by atoms with E-state index in [9.17, 15) is 4.79 Å². The second kappa shape index (κ2) is 6.46. The zero-order valence-electron chi connectivity index (χ0n) is 14.8. The molecule has 0 aliphatic carbocycles. The van der Waals surface area contributed by atoms with Crippen LogP contribution in [0.15, 0.2) is 53.7 Å². The SMILES string of the molecule is Cc1ncc(-c2ccc3c(c2)N(C(/C=C(\N)Cl)=C/N)C(=O)C3(C)C)cn1. The van der Waals surface area contributed by atoms with Gasteiger partial charge in [-0.25, -0.2) is 9.97 Å². The first kappa shape index (κ1) is 17.9. The van der Waals surface area contributed by atoms with Gasteiger partial charge in [-0.2, -0.15) is 0 Å². The van der Waals surface area contributed by atoms with Gasteiger partial charge in [0.15, 0.2) is 0 Å². The van der Waals surface area contributed by atoms with Gasteiger partial charge in [0.1, 0.15) is 11.0 Å².